The number of carbonyl (C=O) groups is 1. The van der Waals surface area contributed by atoms with Crippen LogP contribution in [0.15, 0.2) is 28.7 Å². The van der Waals surface area contributed by atoms with Crippen LogP contribution in [0.3, 0.4) is 0 Å². The fourth-order valence-corrected chi connectivity index (χ4v) is 1.80. The summed E-state index contributed by atoms with van der Waals surface area (Å²) in [6, 6.07) is 7.39. The van der Waals surface area contributed by atoms with Crippen molar-refractivity contribution in [3.63, 3.8) is 0 Å². The molecule has 17 heavy (non-hydrogen) atoms. The van der Waals surface area contributed by atoms with Crippen molar-refractivity contribution in [3.05, 3.63) is 34.3 Å². The zero-order valence-electron chi connectivity index (χ0n) is 10.2. The van der Waals surface area contributed by atoms with Gasteiger partial charge in [0.1, 0.15) is 0 Å². The third-order valence-corrected chi connectivity index (χ3v) is 2.87. The lowest BCUT2D eigenvalue weighted by Gasteiger charge is -2.09. The molecule has 0 radical (unpaired) electrons. The van der Waals surface area contributed by atoms with Crippen LogP contribution in [0, 0.1) is 0 Å². The van der Waals surface area contributed by atoms with Crippen LogP contribution >= 0.6 is 15.9 Å². The highest BCUT2D eigenvalue weighted by atomic mass is 79.9. The Morgan fingerprint density at radius 1 is 1.41 bits per heavy atom. The zero-order valence-corrected chi connectivity index (χ0v) is 11.8. The van der Waals surface area contributed by atoms with Crippen LogP contribution in [0.5, 0.6) is 0 Å². The molecule has 1 rings (SSSR count). The van der Waals surface area contributed by atoms with Gasteiger partial charge in [-0.05, 0) is 48.3 Å². The predicted octanol–water partition coefficient (Wildman–Crippen LogP) is 2.99. The van der Waals surface area contributed by atoms with Crippen molar-refractivity contribution in [2.24, 2.45) is 0 Å². The third kappa shape index (κ3) is 5.33. The van der Waals surface area contributed by atoms with Gasteiger partial charge in [0.25, 0.3) is 5.91 Å². The second kappa shape index (κ2) is 7.45. The molecule has 0 aliphatic heterocycles. The van der Waals surface area contributed by atoms with Crippen LogP contribution in [0.2, 0.25) is 0 Å². The minimum Gasteiger partial charge on any atom is -0.379 e. The van der Waals surface area contributed by atoms with Crippen molar-refractivity contribution >= 4 is 21.8 Å². The van der Waals surface area contributed by atoms with Gasteiger partial charge in [-0.2, -0.15) is 0 Å². The summed E-state index contributed by atoms with van der Waals surface area (Å²) in [6.07, 6.45) is 1.07. The van der Waals surface area contributed by atoms with E-state index >= 15 is 0 Å². The van der Waals surface area contributed by atoms with Crippen LogP contribution in [0.4, 0.5) is 0 Å². The Morgan fingerprint density at radius 2 is 2.12 bits per heavy atom. The van der Waals surface area contributed by atoms with E-state index in [4.69, 9.17) is 4.74 Å². The monoisotopic (exact) mass is 299 g/mol. The first-order valence-electron chi connectivity index (χ1n) is 5.75. The van der Waals surface area contributed by atoms with Crippen LogP contribution in [0.1, 0.15) is 30.6 Å². The van der Waals surface area contributed by atoms with E-state index in [9.17, 15) is 4.79 Å². The molecule has 0 aliphatic rings. The molecular formula is C13H18BrNO2. The van der Waals surface area contributed by atoms with E-state index in [1.807, 2.05) is 32.0 Å². The van der Waals surface area contributed by atoms with E-state index in [2.05, 4.69) is 21.2 Å². The Morgan fingerprint density at radius 3 is 2.76 bits per heavy atom. The minimum absolute atomic E-state index is 0.0537. The van der Waals surface area contributed by atoms with Gasteiger partial charge in [0.05, 0.1) is 11.7 Å². The van der Waals surface area contributed by atoms with E-state index in [0.29, 0.717) is 18.7 Å². The maximum atomic E-state index is 11.8. The highest BCUT2D eigenvalue weighted by molar-refractivity contribution is 9.10. The Kier molecular flexibility index (Phi) is 6.22. The van der Waals surface area contributed by atoms with Crippen molar-refractivity contribution in [2.75, 3.05) is 13.2 Å². The zero-order chi connectivity index (χ0) is 12.7. The van der Waals surface area contributed by atoms with Crippen LogP contribution in [-0.2, 0) is 4.74 Å². The van der Waals surface area contributed by atoms with E-state index in [1.165, 1.54) is 0 Å². The Bertz CT molecular complexity index is 366. The lowest BCUT2D eigenvalue weighted by Crippen LogP contribution is -2.25. The van der Waals surface area contributed by atoms with E-state index in [-0.39, 0.29) is 12.0 Å². The molecule has 3 nitrogen and oxygen atoms in total. The van der Waals surface area contributed by atoms with Gasteiger partial charge in [-0.1, -0.05) is 12.1 Å². The number of halogens is 1. The molecule has 1 N–H and O–H groups in total. The second-order valence-corrected chi connectivity index (χ2v) is 4.86. The molecule has 0 spiro atoms. The summed E-state index contributed by atoms with van der Waals surface area (Å²) < 4.78 is 6.21. The Balaban J connectivity index is 2.29. The Hall–Kier alpha value is -0.870. The standard InChI is InChI=1S/C13H18BrNO2/c1-10(2)17-9-5-8-15-13(16)11-6-3-4-7-12(11)14/h3-4,6-7,10H,5,8-9H2,1-2H3,(H,15,16). The average Bonchev–Trinajstić information content (AvgIpc) is 2.28. The largest absolute Gasteiger partial charge is 0.379 e. The third-order valence-electron chi connectivity index (χ3n) is 2.18. The summed E-state index contributed by atoms with van der Waals surface area (Å²) in [7, 11) is 0. The molecular weight excluding hydrogens is 282 g/mol. The van der Waals surface area contributed by atoms with E-state index < -0.39 is 0 Å². The highest BCUT2D eigenvalue weighted by Crippen LogP contribution is 2.15. The molecule has 4 heteroatoms. The number of nitrogens with one attached hydrogen (secondary N) is 1. The van der Waals surface area contributed by atoms with Crippen LogP contribution in [0.25, 0.3) is 0 Å². The predicted molar refractivity (Wildman–Crippen MR) is 72.2 cm³/mol. The van der Waals surface area contributed by atoms with Crippen molar-refractivity contribution in [2.45, 2.75) is 26.4 Å². The van der Waals surface area contributed by atoms with Crippen molar-refractivity contribution in [1.82, 2.24) is 5.32 Å². The number of rotatable bonds is 6. The molecule has 0 saturated heterocycles. The first-order chi connectivity index (χ1) is 8.11. The van der Waals surface area contributed by atoms with Crippen molar-refractivity contribution in [1.29, 1.82) is 0 Å². The molecule has 0 bridgehead atoms. The highest BCUT2D eigenvalue weighted by Gasteiger charge is 2.07. The number of hydrogen-bond acceptors (Lipinski definition) is 2. The minimum atomic E-state index is -0.0537. The topological polar surface area (TPSA) is 38.3 Å². The molecule has 0 fully saturated rings. The quantitative estimate of drug-likeness (QED) is 0.820. The van der Waals surface area contributed by atoms with Gasteiger partial charge < -0.3 is 10.1 Å². The normalized spacial score (nSPS) is 10.6. The molecule has 1 amide bonds. The SMILES string of the molecule is CC(C)OCCCNC(=O)c1ccccc1Br. The van der Waals surface area contributed by atoms with E-state index in [0.717, 1.165) is 10.9 Å². The van der Waals surface area contributed by atoms with E-state index in [1.54, 1.807) is 6.07 Å². The molecule has 0 atom stereocenters. The molecule has 0 unspecified atom stereocenters. The summed E-state index contributed by atoms with van der Waals surface area (Å²) in [6.45, 7) is 5.31. The van der Waals surface area contributed by atoms with Gasteiger partial charge in [0.2, 0.25) is 0 Å². The molecule has 0 aromatic heterocycles. The fourth-order valence-electron chi connectivity index (χ4n) is 1.33. The molecule has 0 aliphatic carbocycles. The lowest BCUT2D eigenvalue weighted by molar-refractivity contribution is 0.0757. The number of amides is 1. The summed E-state index contributed by atoms with van der Waals surface area (Å²) in [5.74, 6) is -0.0537. The molecule has 1 aromatic rings. The summed E-state index contributed by atoms with van der Waals surface area (Å²) in [4.78, 5) is 11.8. The number of carbonyl (C=O) groups excluding carboxylic acids is 1. The number of hydrogen-bond donors (Lipinski definition) is 1. The first kappa shape index (κ1) is 14.2. The van der Waals surface area contributed by atoms with Crippen molar-refractivity contribution in [3.8, 4) is 0 Å². The average molecular weight is 300 g/mol. The lowest BCUT2D eigenvalue weighted by atomic mass is 10.2. The number of benzene rings is 1. The first-order valence-corrected chi connectivity index (χ1v) is 6.55. The summed E-state index contributed by atoms with van der Waals surface area (Å²) in [5.41, 5.74) is 0.664. The van der Waals surface area contributed by atoms with Crippen LogP contribution < -0.4 is 5.32 Å². The molecule has 0 heterocycles. The van der Waals surface area contributed by atoms with Gasteiger partial charge in [0, 0.05) is 17.6 Å². The Labute approximate surface area is 111 Å². The van der Waals surface area contributed by atoms with Gasteiger partial charge in [-0.25, -0.2) is 0 Å². The van der Waals surface area contributed by atoms with Gasteiger partial charge in [-0.3, -0.25) is 4.79 Å². The smallest absolute Gasteiger partial charge is 0.252 e. The number of ether oxygens (including phenoxy) is 1. The second-order valence-electron chi connectivity index (χ2n) is 4.01. The fraction of sp³-hybridized carbons (Fsp3) is 0.462. The summed E-state index contributed by atoms with van der Waals surface area (Å²) >= 11 is 3.35. The molecule has 94 valence electrons. The summed E-state index contributed by atoms with van der Waals surface area (Å²) in [5, 5.41) is 2.86. The molecule has 1 aromatic carbocycles. The van der Waals surface area contributed by atoms with Crippen LogP contribution in [-0.4, -0.2) is 25.2 Å². The van der Waals surface area contributed by atoms with Gasteiger partial charge in [0.15, 0.2) is 0 Å². The maximum absolute atomic E-state index is 11.8. The van der Waals surface area contributed by atoms with Gasteiger partial charge in [-0.15, -0.1) is 0 Å². The maximum Gasteiger partial charge on any atom is 0.252 e. The van der Waals surface area contributed by atoms with Crippen molar-refractivity contribution < 1.29 is 9.53 Å². The molecule has 0 saturated carbocycles. The van der Waals surface area contributed by atoms with Gasteiger partial charge >= 0.3 is 0 Å².